The predicted molar refractivity (Wildman–Crippen MR) is 101 cm³/mol. The molecule has 2 aliphatic rings. The highest BCUT2D eigenvalue weighted by atomic mass is 35.5. The zero-order valence-electron chi connectivity index (χ0n) is 13.7. The molecule has 3 rings (SSSR count). The lowest BCUT2D eigenvalue weighted by molar-refractivity contribution is -0.113. The van der Waals surface area contributed by atoms with E-state index in [2.05, 4.69) is 5.10 Å². The number of carbonyl (C=O) groups is 2. The molecule has 1 atom stereocenters. The van der Waals surface area contributed by atoms with E-state index in [0.717, 1.165) is 11.4 Å². The molecule has 0 aliphatic carbocycles. The monoisotopic (exact) mass is 381 g/mol. The van der Waals surface area contributed by atoms with Crippen LogP contribution in [0.4, 0.5) is 5.69 Å². The Hall–Kier alpha value is -1.44. The van der Waals surface area contributed by atoms with Crippen molar-refractivity contribution in [1.82, 2.24) is 4.90 Å². The molecule has 0 saturated heterocycles. The topological polar surface area (TPSA) is 53.0 Å². The molecule has 0 aromatic heterocycles. The van der Waals surface area contributed by atoms with Crippen molar-refractivity contribution in [2.75, 3.05) is 12.1 Å². The number of hydrazone groups is 1. The molecule has 0 fully saturated rings. The minimum atomic E-state index is -0.739. The SMILES string of the molecule is CC(=O)C1=NN(c2cccc(Cl)c2)[C@]2(S1)SC(C(C)=O)=C(C)N2C. The summed E-state index contributed by atoms with van der Waals surface area (Å²) in [4.78, 5) is 26.6. The quantitative estimate of drug-likeness (QED) is 0.791. The number of thioether (sulfide) groups is 2. The molecule has 1 aromatic carbocycles. The number of carbonyl (C=O) groups excluding carboxylic acids is 2. The number of anilines is 1. The average Bonchev–Trinajstić information content (AvgIpc) is 3.02. The second-order valence-corrected chi connectivity index (χ2v) is 8.57. The van der Waals surface area contributed by atoms with Gasteiger partial charge in [0.15, 0.2) is 16.6 Å². The number of rotatable bonds is 3. The Bertz CT molecular complexity index is 808. The first-order valence-electron chi connectivity index (χ1n) is 7.25. The van der Waals surface area contributed by atoms with Crippen LogP contribution in [0.1, 0.15) is 20.8 Å². The summed E-state index contributed by atoms with van der Waals surface area (Å²) in [5.74, 6) is -0.101. The van der Waals surface area contributed by atoms with Gasteiger partial charge < -0.3 is 4.90 Å². The molecule has 2 aliphatic heterocycles. The molecular formula is C16H16ClN3O2S2. The fraction of sp³-hybridized carbons (Fsp3) is 0.312. The van der Waals surface area contributed by atoms with Crippen LogP contribution in [0.25, 0.3) is 0 Å². The Morgan fingerprint density at radius 1 is 1.21 bits per heavy atom. The van der Waals surface area contributed by atoms with E-state index in [1.165, 1.54) is 30.4 Å². The molecule has 2 heterocycles. The van der Waals surface area contributed by atoms with Gasteiger partial charge in [-0.3, -0.25) is 9.59 Å². The smallest absolute Gasteiger partial charge is 0.241 e. The fourth-order valence-electron chi connectivity index (χ4n) is 2.56. The van der Waals surface area contributed by atoms with E-state index in [9.17, 15) is 9.59 Å². The molecular weight excluding hydrogens is 366 g/mol. The summed E-state index contributed by atoms with van der Waals surface area (Å²) in [6.07, 6.45) is 0. The Kier molecular flexibility index (Phi) is 4.44. The van der Waals surface area contributed by atoms with E-state index in [1.807, 2.05) is 31.0 Å². The maximum absolute atomic E-state index is 12.0. The first kappa shape index (κ1) is 17.4. The highest BCUT2D eigenvalue weighted by Crippen LogP contribution is 2.58. The van der Waals surface area contributed by atoms with Gasteiger partial charge in [0.2, 0.25) is 4.33 Å². The van der Waals surface area contributed by atoms with Crippen molar-refractivity contribution in [1.29, 1.82) is 0 Å². The van der Waals surface area contributed by atoms with Crippen molar-refractivity contribution in [3.8, 4) is 0 Å². The van der Waals surface area contributed by atoms with Crippen molar-refractivity contribution in [3.63, 3.8) is 0 Å². The van der Waals surface area contributed by atoms with E-state index < -0.39 is 4.33 Å². The third-order valence-electron chi connectivity index (χ3n) is 3.85. The maximum Gasteiger partial charge on any atom is 0.241 e. The van der Waals surface area contributed by atoms with E-state index in [0.29, 0.717) is 15.0 Å². The summed E-state index contributed by atoms with van der Waals surface area (Å²) < 4.78 is -0.739. The third kappa shape index (κ3) is 2.64. The second kappa shape index (κ2) is 6.13. The first-order chi connectivity index (χ1) is 11.3. The summed E-state index contributed by atoms with van der Waals surface area (Å²) in [6.45, 7) is 4.95. The fourth-order valence-corrected chi connectivity index (χ4v) is 5.62. The molecule has 0 unspecified atom stereocenters. The number of halogens is 1. The van der Waals surface area contributed by atoms with Crippen LogP contribution < -0.4 is 5.01 Å². The largest absolute Gasteiger partial charge is 0.335 e. The molecule has 1 spiro atoms. The normalized spacial score (nSPS) is 23.3. The van der Waals surface area contributed by atoms with E-state index in [1.54, 1.807) is 24.1 Å². The van der Waals surface area contributed by atoms with Crippen LogP contribution in [0.15, 0.2) is 40.0 Å². The van der Waals surface area contributed by atoms with Crippen molar-refractivity contribution in [3.05, 3.63) is 39.9 Å². The number of hydrogen-bond donors (Lipinski definition) is 0. The Morgan fingerprint density at radius 3 is 2.46 bits per heavy atom. The van der Waals surface area contributed by atoms with Crippen LogP contribution in [0.2, 0.25) is 5.02 Å². The van der Waals surface area contributed by atoms with Crippen LogP contribution >= 0.6 is 35.1 Å². The van der Waals surface area contributed by atoms with Crippen LogP contribution in [0.5, 0.6) is 0 Å². The molecule has 0 amide bonds. The minimum Gasteiger partial charge on any atom is -0.335 e. The lowest BCUT2D eigenvalue weighted by Crippen LogP contribution is -2.47. The van der Waals surface area contributed by atoms with Crippen LogP contribution in [-0.2, 0) is 9.59 Å². The van der Waals surface area contributed by atoms with E-state index >= 15 is 0 Å². The van der Waals surface area contributed by atoms with Gasteiger partial charge in [-0.1, -0.05) is 29.4 Å². The van der Waals surface area contributed by atoms with Gasteiger partial charge in [0.25, 0.3) is 0 Å². The van der Waals surface area contributed by atoms with Crippen molar-refractivity contribution >= 4 is 57.4 Å². The number of nitrogens with zero attached hydrogens (tertiary/aromatic N) is 3. The summed E-state index contributed by atoms with van der Waals surface area (Å²) in [7, 11) is 1.90. The van der Waals surface area contributed by atoms with Gasteiger partial charge in [0.05, 0.1) is 10.6 Å². The molecule has 0 saturated carbocycles. The predicted octanol–water partition coefficient (Wildman–Crippen LogP) is 3.91. The zero-order chi connectivity index (χ0) is 17.6. The Labute approximate surface area is 154 Å². The molecule has 126 valence electrons. The molecule has 24 heavy (non-hydrogen) atoms. The van der Waals surface area contributed by atoms with E-state index in [4.69, 9.17) is 11.6 Å². The molecule has 0 N–H and O–H groups in total. The summed E-state index contributed by atoms with van der Waals surface area (Å²) in [6, 6.07) is 7.30. The van der Waals surface area contributed by atoms with Crippen LogP contribution in [0, 0.1) is 0 Å². The Morgan fingerprint density at radius 2 is 1.92 bits per heavy atom. The zero-order valence-corrected chi connectivity index (χ0v) is 16.1. The van der Waals surface area contributed by atoms with Gasteiger partial charge >= 0.3 is 0 Å². The highest BCUT2D eigenvalue weighted by Gasteiger charge is 2.55. The molecule has 0 radical (unpaired) electrons. The second-order valence-electron chi connectivity index (χ2n) is 5.54. The summed E-state index contributed by atoms with van der Waals surface area (Å²) in [5, 5.41) is 7.28. The van der Waals surface area contributed by atoms with Gasteiger partial charge in [0, 0.05) is 24.7 Å². The minimum absolute atomic E-state index is 0.00384. The lowest BCUT2D eigenvalue weighted by atomic mass is 10.3. The van der Waals surface area contributed by atoms with Gasteiger partial charge in [-0.05, 0) is 43.8 Å². The number of benzene rings is 1. The van der Waals surface area contributed by atoms with Gasteiger partial charge in [-0.2, -0.15) is 5.10 Å². The van der Waals surface area contributed by atoms with E-state index in [-0.39, 0.29) is 11.6 Å². The number of allylic oxidation sites excluding steroid dienone is 2. The third-order valence-corrected chi connectivity index (χ3v) is 7.36. The van der Waals surface area contributed by atoms with Gasteiger partial charge in [-0.25, -0.2) is 5.01 Å². The summed E-state index contributed by atoms with van der Waals surface area (Å²) in [5.41, 5.74) is 1.63. The summed E-state index contributed by atoms with van der Waals surface area (Å²) >= 11 is 8.89. The first-order valence-corrected chi connectivity index (χ1v) is 9.26. The van der Waals surface area contributed by atoms with Crippen molar-refractivity contribution in [2.45, 2.75) is 25.1 Å². The van der Waals surface area contributed by atoms with Crippen molar-refractivity contribution < 1.29 is 9.59 Å². The van der Waals surface area contributed by atoms with Crippen molar-refractivity contribution in [2.24, 2.45) is 5.10 Å². The molecule has 1 aromatic rings. The molecule has 5 nitrogen and oxygen atoms in total. The average molecular weight is 382 g/mol. The number of hydrogen-bond acceptors (Lipinski definition) is 7. The Balaban J connectivity index is 2.10. The standard InChI is InChI=1S/C16H16ClN3O2S2/c1-9-14(10(2)21)23-16(19(9)4)20(18-15(24-16)11(3)22)13-7-5-6-12(17)8-13/h5-8H,1-4H3/t16-/m0/s1. The molecule has 8 heteroatoms. The number of ketones is 2. The lowest BCUT2D eigenvalue weighted by Gasteiger charge is -2.39. The highest BCUT2D eigenvalue weighted by molar-refractivity contribution is 8.28. The van der Waals surface area contributed by atoms with Crippen LogP contribution in [0.3, 0.4) is 0 Å². The van der Waals surface area contributed by atoms with Crippen LogP contribution in [-0.4, -0.2) is 32.9 Å². The maximum atomic E-state index is 12.0. The van der Waals surface area contributed by atoms with Gasteiger partial charge in [0.1, 0.15) is 0 Å². The molecule has 0 bridgehead atoms. The van der Waals surface area contributed by atoms with Gasteiger partial charge in [-0.15, -0.1) is 0 Å². The number of Topliss-reactive ketones (excluding diaryl/α,β-unsaturated/α-hetero) is 2.